The molecule has 0 bridgehead atoms. The van der Waals surface area contributed by atoms with Gasteiger partial charge >= 0.3 is 0 Å². The summed E-state index contributed by atoms with van der Waals surface area (Å²) < 4.78 is 16.4. The van der Waals surface area contributed by atoms with Crippen molar-refractivity contribution in [3.63, 3.8) is 0 Å². The van der Waals surface area contributed by atoms with Gasteiger partial charge in [-0.15, -0.1) is 5.10 Å². The van der Waals surface area contributed by atoms with Crippen LogP contribution >= 0.6 is 11.6 Å². The van der Waals surface area contributed by atoms with Gasteiger partial charge in [0.1, 0.15) is 18.7 Å². The Morgan fingerprint density at radius 1 is 1.17 bits per heavy atom. The number of rotatable bonds is 5. The highest BCUT2D eigenvalue weighted by atomic mass is 35.5. The predicted molar refractivity (Wildman–Crippen MR) is 105 cm³/mol. The molecule has 4 rings (SSSR count). The summed E-state index contributed by atoms with van der Waals surface area (Å²) in [4.78, 5) is 29.1. The second-order valence-electron chi connectivity index (χ2n) is 6.25. The first-order valence-corrected chi connectivity index (χ1v) is 8.96. The summed E-state index contributed by atoms with van der Waals surface area (Å²) in [7, 11) is 0. The number of benzene rings is 2. The Labute approximate surface area is 168 Å². The van der Waals surface area contributed by atoms with Gasteiger partial charge in [-0.3, -0.25) is 14.2 Å². The molecular formula is C19H14ClFN6O2. The minimum atomic E-state index is -0.671. The molecule has 0 saturated carbocycles. The van der Waals surface area contributed by atoms with Crippen LogP contribution in [0.5, 0.6) is 0 Å². The zero-order chi connectivity index (χ0) is 20.4. The molecule has 0 radical (unpaired) electrons. The highest BCUT2D eigenvalue weighted by Gasteiger charge is 2.15. The molecular weight excluding hydrogens is 399 g/mol. The molecule has 2 heterocycles. The Morgan fingerprint density at radius 3 is 2.72 bits per heavy atom. The summed E-state index contributed by atoms with van der Waals surface area (Å²) in [6.45, 7) is 0.0551. The normalized spacial score (nSPS) is 11.0. The van der Waals surface area contributed by atoms with E-state index in [0.717, 1.165) is 16.2 Å². The lowest BCUT2D eigenvalue weighted by molar-refractivity contribution is -0.116. The van der Waals surface area contributed by atoms with E-state index in [9.17, 15) is 14.0 Å². The second-order valence-corrected chi connectivity index (χ2v) is 6.69. The number of fused-ring (bicyclic) bond motifs is 1. The molecule has 8 nitrogen and oxygen atoms in total. The second kappa shape index (κ2) is 7.80. The minimum Gasteiger partial charge on any atom is -0.322 e. The van der Waals surface area contributed by atoms with Gasteiger partial charge < -0.3 is 5.32 Å². The summed E-state index contributed by atoms with van der Waals surface area (Å²) in [5, 5.41) is 10.5. The molecule has 4 aromatic rings. The van der Waals surface area contributed by atoms with Gasteiger partial charge in [0, 0.05) is 5.02 Å². The van der Waals surface area contributed by atoms with Crippen molar-refractivity contribution >= 4 is 34.4 Å². The summed E-state index contributed by atoms with van der Waals surface area (Å²) in [6.07, 6.45) is 1.24. The van der Waals surface area contributed by atoms with Crippen LogP contribution in [0, 0.1) is 5.82 Å². The maximum Gasteiger partial charge on any atom is 0.283 e. The fourth-order valence-corrected chi connectivity index (χ4v) is 2.96. The van der Waals surface area contributed by atoms with Gasteiger partial charge in [0.2, 0.25) is 5.91 Å². The zero-order valence-corrected chi connectivity index (χ0v) is 15.7. The Bertz CT molecular complexity index is 1250. The molecule has 2 aromatic carbocycles. The molecule has 1 amide bonds. The molecule has 10 heteroatoms. The number of carbonyl (C=O) groups excluding carboxylic acids is 1. The topological polar surface area (TPSA) is 94.7 Å². The van der Waals surface area contributed by atoms with Crippen molar-refractivity contribution in [2.24, 2.45) is 0 Å². The van der Waals surface area contributed by atoms with Crippen molar-refractivity contribution in [2.75, 3.05) is 5.32 Å². The van der Waals surface area contributed by atoms with Gasteiger partial charge in [0.05, 0.1) is 12.2 Å². The molecule has 0 spiro atoms. The van der Waals surface area contributed by atoms with Gasteiger partial charge in [-0.25, -0.2) is 14.1 Å². The number of hydrogen-bond donors (Lipinski definition) is 1. The summed E-state index contributed by atoms with van der Waals surface area (Å²) in [5.74, 6) is -1.26. The van der Waals surface area contributed by atoms with E-state index in [4.69, 9.17) is 11.6 Å². The molecule has 0 aliphatic heterocycles. The van der Waals surface area contributed by atoms with Crippen molar-refractivity contribution in [1.82, 2.24) is 24.5 Å². The van der Waals surface area contributed by atoms with Crippen LogP contribution in [0.3, 0.4) is 0 Å². The third kappa shape index (κ3) is 3.99. The Kier molecular flexibility index (Phi) is 5.05. The number of nitrogens with one attached hydrogen (secondary N) is 1. The maximum atomic E-state index is 13.8. The number of carbonyl (C=O) groups is 1. The van der Waals surface area contributed by atoms with Crippen molar-refractivity contribution in [3.05, 3.63) is 81.6 Å². The van der Waals surface area contributed by atoms with Crippen molar-refractivity contribution in [2.45, 2.75) is 13.1 Å². The highest BCUT2D eigenvalue weighted by molar-refractivity contribution is 6.30. The number of aromatic nitrogens is 5. The molecule has 0 saturated heterocycles. The molecule has 2 aromatic heterocycles. The van der Waals surface area contributed by atoms with E-state index < -0.39 is 17.3 Å². The van der Waals surface area contributed by atoms with Gasteiger partial charge in [0.25, 0.3) is 5.56 Å². The van der Waals surface area contributed by atoms with Crippen LogP contribution in [-0.4, -0.2) is 30.5 Å². The summed E-state index contributed by atoms with van der Waals surface area (Å²) in [6, 6.07) is 13.4. The Balaban J connectivity index is 1.55. The molecule has 0 unspecified atom stereocenters. The number of anilines is 1. The molecule has 0 aliphatic rings. The molecule has 0 atom stereocenters. The van der Waals surface area contributed by atoms with E-state index in [1.54, 1.807) is 0 Å². The molecule has 0 aliphatic carbocycles. The number of halogens is 2. The van der Waals surface area contributed by atoms with E-state index in [1.807, 2.05) is 30.3 Å². The quantitative estimate of drug-likeness (QED) is 0.543. The van der Waals surface area contributed by atoms with Crippen molar-refractivity contribution in [3.8, 4) is 0 Å². The lowest BCUT2D eigenvalue weighted by Crippen LogP contribution is -2.28. The number of hydrogen-bond acceptors (Lipinski definition) is 5. The highest BCUT2D eigenvalue weighted by Crippen LogP contribution is 2.18. The fourth-order valence-electron chi connectivity index (χ4n) is 2.80. The van der Waals surface area contributed by atoms with Crippen LogP contribution in [0.25, 0.3) is 11.2 Å². The number of amides is 1. The number of nitrogens with zero attached hydrogens (tertiary/aromatic N) is 5. The molecule has 0 fully saturated rings. The third-order valence-corrected chi connectivity index (χ3v) is 4.42. The van der Waals surface area contributed by atoms with E-state index in [1.165, 1.54) is 23.1 Å². The van der Waals surface area contributed by atoms with Crippen LogP contribution in [0.15, 0.2) is 59.7 Å². The van der Waals surface area contributed by atoms with Gasteiger partial charge in [-0.1, -0.05) is 47.1 Å². The first-order valence-electron chi connectivity index (χ1n) is 8.59. The lowest BCUT2D eigenvalue weighted by atomic mass is 10.2. The van der Waals surface area contributed by atoms with Gasteiger partial charge in [-0.2, -0.15) is 0 Å². The van der Waals surface area contributed by atoms with Crippen LogP contribution < -0.4 is 10.9 Å². The predicted octanol–water partition coefficient (Wildman–Crippen LogP) is 2.47. The first kappa shape index (κ1) is 18.8. The maximum absolute atomic E-state index is 13.8. The van der Waals surface area contributed by atoms with E-state index in [2.05, 4.69) is 20.6 Å². The van der Waals surface area contributed by atoms with Crippen LogP contribution in [0.4, 0.5) is 10.1 Å². The summed E-state index contributed by atoms with van der Waals surface area (Å²) in [5.41, 5.74) is 0.805. The third-order valence-electron chi connectivity index (χ3n) is 4.19. The minimum absolute atomic E-state index is 0.0321. The zero-order valence-electron chi connectivity index (χ0n) is 14.9. The van der Waals surface area contributed by atoms with E-state index >= 15 is 0 Å². The van der Waals surface area contributed by atoms with Crippen LogP contribution in [0.2, 0.25) is 5.02 Å². The van der Waals surface area contributed by atoms with Crippen molar-refractivity contribution < 1.29 is 9.18 Å². The van der Waals surface area contributed by atoms with Crippen LogP contribution in [-0.2, 0) is 17.9 Å². The fraction of sp³-hybridized carbons (Fsp3) is 0.105. The van der Waals surface area contributed by atoms with Crippen LogP contribution in [0.1, 0.15) is 5.56 Å². The molecule has 29 heavy (non-hydrogen) atoms. The average molecular weight is 413 g/mol. The van der Waals surface area contributed by atoms with E-state index in [-0.39, 0.29) is 22.8 Å². The lowest BCUT2D eigenvalue weighted by Gasteiger charge is -2.08. The van der Waals surface area contributed by atoms with Crippen molar-refractivity contribution in [1.29, 1.82) is 0 Å². The van der Waals surface area contributed by atoms with Gasteiger partial charge in [-0.05, 0) is 23.8 Å². The first-order chi connectivity index (χ1) is 14.0. The largest absolute Gasteiger partial charge is 0.322 e. The SMILES string of the molecule is O=C(Cn1cnc2c(nnn2Cc2ccccc2)c1=O)Nc1ccc(Cl)cc1F. The molecule has 1 N–H and O–H groups in total. The smallest absolute Gasteiger partial charge is 0.283 e. The monoisotopic (exact) mass is 412 g/mol. The summed E-state index contributed by atoms with van der Waals surface area (Å²) >= 11 is 5.69. The Morgan fingerprint density at radius 2 is 1.97 bits per heavy atom. The van der Waals surface area contributed by atoms with E-state index in [0.29, 0.717) is 12.2 Å². The molecule has 146 valence electrons. The average Bonchev–Trinajstić information content (AvgIpc) is 3.10. The standard InChI is InChI=1S/C19H14ClFN6O2/c20-13-6-7-15(14(21)8-13)23-16(28)10-26-11-22-18-17(19(26)29)24-25-27(18)9-12-4-2-1-3-5-12/h1-8,11H,9-10H2,(H,23,28). The van der Waals surface area contributed by atoms with Gasteiger partial charge in [0.15, 0.2) is 11.2 Å². The Hall–Kier alpha value is -3.59.